The van der Waals surface area contributed by atoms with E-state index < -0.39 is 17.5 Å². The molecule has 0 bridgehead atoms. The number of aromatic nitrogens is 1. The van der Waals surface area contributed by atoms with Crippen molar-refractivity contribution < 1.29 is 13.2 Å². The van der Waals surface area contributed by atoms with Crippen molar-refractivity contribution in [2.45, 2.75) is 6.54 Å². The average molecular weight is 212 g/mol. The van der Waals surface area contributed by atoms with Gasteiger partial charge in [-0.3, -0.25) is 0 Å². The molecule has 0 atom stereocenters. The molecule has 0 spiro atoms. The maximum Gasteiger partial charge on any atom is 0.168 e. The summed E-state index contributed by atoms with van der Waals surface area (Å²) in [4.78, 5) is 3.79. The van der Waals surface area contributed by atoms with E-state index in [0.717, 1.165) is 0 Å². The minimum Gasteiger partial charge on any atom is -0.325 e. The Bertz CT molecular complexity index is 526. The first kappa shape index (κ1) is 9.92. The topological polar surface area (TPSA) is 38.9 Å². The smallest absolute Gasteiger partial charge is 0.168 e. The molecule has 0 aliphatic carbocycles. The molecule has 1 aromatic carbocycles. The molecule has 0 aliphatic rings. The van der Waals surface area contributed by atoms with Crippen LogP contribution in [0, 0.1) is 17.5 Å². The summed E-state index contributed by atoms with van der Waals surface area (Å²) in [6.45, 7) is 0.119. The van der Waals surface area contributed by atoms with Crippen LogP contribution in [0.3, 0.4) is 0 Å². The fraction of sp³-hybridized carbons (Fsp3) is 0.100. The predicted molar refractivity (Wildman–Crippen MR) is 49.5 cm³/mol. The lowest BCUT2D eigenvalue weighted by Crippen LogP contribution is -2.01. The number of nitrogens with two attached hydrogens (primary N) is 1. The van der Waals surface area contributed by atoms with E-state index >= 15 is 0 Å². The second-order valence-electron chi connectivity index (χ2n) is 3.06. The van der Waals surface area contributed by atoms with Crippen LogP contribution in [0.15, 0.2) is 18.2 Å². The second-order valence-corrected chi connectivity index (χ2v) is 3.06. The van der Waals surface area contributed by atoms with Gasteiger partial charge in [0.1, 0.15) is 5.52 Å². The molecule has 1 heterocycles. The molecule has 15 heavy (non-hydrogen) atoms. The van der Waals surface area contributed by atoms with Crippen LogP contribution in [-0.4, -0.2) is 4.98 Å². The Morgan fingerprint density at radius 2 is 1.87 bits per heavy atom. The molecule has 0 amide bonds. The van der Waals surface area contributed by atoms with Gasteiger partial charge in [-0.05, 0) is 12.1 Å². The Labute approximate surface area is 83.5 Å². The van der Waals surface area contributed by atoms with E-state index in [2.05, 4.69) is 4.98 Å². The highest BCUT2D eigenvalue weighted by Gasteiger charge is 2.13. The average Bonchev–Trinajstić information content (AvgIpc) is 2.25. The highest BCUT2D eigenvalue weighted by atomic mass is 19.2. The summed E-state index contributed by atoms with van der Waals surface area (Å²) in [6.07, 6.45) is 0. The summed E-state index contributed by atoms with van der Waals surface area (Å²) in [5.41, 5.74) is 5.53. The van der Waals surface area contributed by atoms with E-state index in [1.165, 1.54) is 12.1 Å². The van der Waals surface area contributed by atoms with Crippen molar-refractivity contribution in [3.05, 3.63) is 41.3 Å². The van der Waals surface area contributed by atoms with Crippen LogP contribution in [0.2, 0.25) is 0 Å². The van der Waals surface area contributed by atoms with Gasteiger partial charge in [0.15, 0.2) is 17.5 Å². The van der Waals surface area contributed by atoms with Crippen molar-refractivity contribution in [1.82, 2.24) is 4.98 Å². The zero-order chi connectivity index (χ0) is 11.0. The van der Waals surface area contributed by atoms with Crippen LogP contribution < -0.4 is 5.73 Å². The quantitative estimate of drug-likeness (QED) is 0.735. The lowest BCUT2D eigenvalue weighted by atomic mass is 10.1. The van der Waals surface area contributed by atoms with Gasteiger partial charge in [-0.1, -0.05) is 0 Å². The van der Waals surface area contributed by atoms with Crippen molar-refractivity contribution in [2.24, 2.45) is 5.73 Å². The molecular formula is C10H7F3N2. The minimum absolute atomic E-state index is 0.119. The molecule has 0 saturated carbocycles. The molecule has 2 aromatic rings. The first-order valence-corrected chi connectivity index (χ1v) is 4.26. The Hall–Kier alpha value is -1.62. The van der Waals surface area contributed by atoms with E-state index in [0.29, 0.717) is 11.8 Å². The lowest BCUT2D eigenvalue weighted by molar-refractivity contribution is 0.505. The molecule has 0 saturated heterocycles. The Morgan fingerprint density at radius 1 is 1.13 bits per heavy atom. The number of hydrogen-bond donors (Lipinski definition) is 1. The highest BCUT2D eigenvalue weighted by molar-refractivity contribution is 5.80. The van der Waals surface area contributed by atoms with Gasteiger partial charge >= 0.3 is 0 Å². The van der Waals surface area contributed by atoms with E-state index in [1.54, 1.807) is 0 Å². The van der Waals surface area contributed by atoms with Gasteiger partial charge in [-0.2, -0.15) is 0 Å². The highest BCUT2D eigenvalue weighted by Crippen LogP contribution is 2.22. The molecule has 78 valence electrons. The van der Waals surface area contributed by atoms with Crippen LogP contribution >= 0.6 is 0 Å². The molecule has 1 aromatic heterocycles. The molecule has 2 N–H and O–H groups in total. The van der Waals surface area contributed by atoms with Crippen molar-refractivity contribution in [1.29, 1.82) is 0 Å². The first-order chi connectivity index (χ1) is 7.13. The largest absolute Gasteiger partial charge is 0.325 e. The van der Waals surface area contributed by atoms with Crippen LogP contribution in [-0.2, 0) is 6.54 Å². The third-order valence-corrected chi connectivity index (χ3v) is 2.09. The Morgan fingerprint density at radius 3 is 2.53 bits per heavy atom. The fourth-order valence-corrected chi connectivity index (χ4v) is 1.34. The number of nitrogens with zero attached hydrogens (tertiary/aromatic N) is 1. The molecule has 0 fully saturated rings. The van der Waals surface area contributed by atoms with Gasteiger partial charge < -0.3 is 5.73 Å². The van der Waals surface area contributed by atoms with Crippen LogP contribution in [0.4, 0.5) is 13.2 Å². The van der Waals surface area contributed by atoms with Gasteiger partial charge in [0.25, 0.3) is 0 Å². The Kier molecular flexibility index (Phi) is 2.32. The van der Waals surface area contributed by atoms with Crippen molar-refractivity contribution in [3.8, 4) is 0 Å². The summed E-state index contributed by atoms with van der Waals surface area (Å²) in [7, 11) is 0. The monoisotopic (exact) mass is 212 g/mol. The van der Waals surface area contributed by atoms with Crippen molar-refractivity contribution >= 4 is 10.9 Å². The van der Waals surface area contributed by atoms with Gasteiger partial charge in [-0.25, -0.2) is 18.2 Å². The molecule has 0 aliphatic heterocycles. The number of pyridine rings is 1. The van der Waals surface area contributed by atoms with E-state index in [-0.39, 0.29) is 17.4 Å². The first-order valence-electron chi connectivity index (χ1n) is 4.26. The lowest BCUT2D eigenvalue weighted by Gasteiger charge is -2.03. The number of halogens is 3. The third kappa shape index (κ3) is 1.55. The molecule has 2 rings (SSSR count). The van der Waals surface area contributed by atoms with Crippen LogP contribution in [0.25, 0.3) is 10.9 Å². The normalized spacial score (nSPS) is 10.9. The zero-order valence-electron chi connectivity index (χ0n) is 7.60. The second kappa shape index (κ2) is 3.51. The van der Waals surface area contributed by atoms with Gasteiger partial charge in [0.2, 0.25) is 0 Å². The molecule has 2 nitrogen and oxygen atoms in total. The minimum atomic E-state index is -1.22. The van der Waals surface area contributed by atoms with E-state index in [1.807, 2.05) is 0 Å². The number of rotatable bonds is 1. The molecule has 0 radical (unpaired) electrons. The number of hydrogen-bond acceptors (Lipinski definition) is 2. The van der Waals surface area contributed by atoms with E-state index in [4.69, 9.17) is 5.73 Å². The molecular weight excluding hydrogens is 205 g/mol. The van der Waals surface area contributed by atoms with Gasteiger partial charge in [0, 0.05) is 18.0 Å². The summed E-state index contributed by atoms with van der Waals surface area (Å²) in [5.74, 6) is -3.20. The molecule has 5 heteroatoms. The van der Waals surface area contributed by atoms with Crippen molar-refractivity contribution in [3.63, 3.8) is 0 Å². The van der Waals surface area contributed by atoms with Crippen LogP contribution in [0.1, 0.15) is 5.69 Å². The number of benzene rings is 1. The zero-order valence-corrected chi connectivity index (χ0v) is 7.60. The number of fused-ring (bicyclic) bond motifs is 1. The van der Waals surface area contributed by atoms with Crippen molar-refractivity contribution in [2.75, 3.05) is 0 Å². The SMILES string of the molecule is NCc1ccc2c(F)c(F)cc(F)c2n1. The predicted octanol–water partition coefficient (Wildman–Crippen LogP) is 2.11. The molecule has 0 unspecified atom stereocenters. The maximum atomic E-state index is 13.2. The standard InChI is InChI=1S/C10H7F3N2/c11-7-3-8(12)10-6(9(7)13)2-1-5(4-14)15-10/h1-3H,4,14H2. The summed E-state index contributed by atoms with van der Waals surface area (Å²) in [5, 5.41) is -0.176. The Balaban J connectivity index is 2.84. The summed E-state index contributed by atoms with van der Waals surface area (Å²) < 4.78 is 39.3. The van der Waals surface area contributed by atoms with E-state index in [9.17, 15) is 13.2 Å². The van der Waals surface area contributed by atoms with Crippen LogP contribution in [0.5, 0.6) is 0 Å². The third-order valence-electron chi connectivity index (χ3n) is 2.09. The fourth-order valence-electron chi connectivity index (χ4n) is 1.34. The summed E-state index contributed by atoms with van der Waals surface area (Å²) in [6, 6.07) is 3.18. The maximum absolute atomic E-state index is 13.2. The van der Waals surface area contributed by atoms with Gasteiger partial charge in [0.05, 0.1) is 5.69 Å². The summed E-state index contributed by atoms with van der Waals surface area (Å²) >= 11 is 0. The van der Waals surface area contributed by atoms with Gasteiger partial charge in [-0.15, -0.1) is 0 Å².